The van der Waals surface area contributed by atoms with Crippen LogP contribution < -0.4 is 4.74 Å². The molecule has 0 bridgehead atoms. The highest BCUT2D eigenvalue weighted by Gasteiger charge is 2.33. The number of hydrogen-bond donors (Lipinski definition) is 0. The van der Waals surface area contributed by atoms with E-state index >= 15 is 0 Å². The molecule has 0 aliphatic rings. The molecular formula is C17H17F3N4O5S2. The van der Waals surface area contributed by atoms with Gasteiger partial charge in [0.15, 0.2) is 31.4 Å². The molecule has 0 aromatic carbocycles. The lowest BCUT2D eigenvalue weighted by Gasteiger charge is -2.11. The minimum atomic E-state index is -4.67. The maximum absolute atomic E-state index is 13.0. The molecule has 168 valence electrons. The van der Waals surface area contributed by atoms with Crippen LogP contribution in [0.1, 0.15) is 12.6 Å². The van der Waals surface area contributed by atoms with Crippen molar-refractivity contribution in [2.24, 2.45) is 7.05 Å². The summed E-state index contributed by atoms with van der Waals surface area (Å²) in [4.78, 5) is 11.3. The number of imidazole rings is 1. The summed E-state index contributed by atoms with van der Waals surface area (Å²) in [6.07, 6.45) is -1.61. The summed E-state index contributed by atoms with van der Waals surface area (Å²) in [6.45, 7) is 1.40. The summed E-state index contributed by atoms with van der Waals surface area (Å²) in [7, 11) is -5.89. The van der Waals surface area contributed by atoms with Crippen LogP contribution in [-0.4, -0.2) is 54.3 Å². The van der Waals surface area contributed by atoms with Crippen molar-refractivity contribution < 1.29 is 34.7 Å². The SMILES string of the molecule is CCS(=O)(=O)c1cc(OCS(C)(=O)=O)cnc1-c1nc2cc(C(F)(F)F)ncc2n1C. The Balaban J connectivity index is 2.19. The van der Waals surface area contributed by atoms with Crippen LogP contribution in [0.4, 0.5) is 13.2 Å². The predicted molar refractivity (Wildman–Crippen MR) is 105 cm³/mol. The van der Waals surface area contributed by atoms with Gasteiger partial charge in [-0.15, -0.1) is 0 Å². The molecule has 3 rings (SSSR count). The number of rotatable bonds is 6. The molecule has 0 saturated heterocycles. The molecule has 0 aliphatic heterocycles. The van der Waals surface area contributed by atoms with Crippen LogP contribution in [0.25, 0.3) is 22.6 Å². The van der Waals surface area contributed by atoms with E-state index in [0.29, 0.717) is 0 Å². The summed E-state index contributed by atoms with van der Waals surface area (Å²) in [6, 6.07) is 1.88. The first-order valence-electron chi connectivity index (χ1n) is 8.66. The predicted octanol–water partition coefficient (Wildman–Crippen LogP) is 2.22. The molecule has 0 atom stereocenters. The van der Waals surface area contributed by atoms with E-state index in [0.717, 1.165) is 30.8 Å². The molecule has 0 fully saturated rings. The van der Waals surface area contributed by atoms with Gasteiger partial charge in [-0.05, 0) is 6.07 Å². The molecule has 31 heavy (non-hydrogen) atoms. The number of nitrogens with zero attached hydrogens (tertiary/aromatic N) is 4. The average Bonchev–Trinajstić information content (AvgIpc) is 3.01. The second-order valence-electron chi connectivity index (χ2n) is 6.66. The Hall–Kier alpha value is -2.74. The Morgan fingerprint density at radius 3 is 2.35 bits per heavy atom. The van der Waals surface area contributed by atoms with Crippen molar-refractivity contribution in [2.75, 3.05) is 17.9 Å². The highest BCUT2D eigenvalue weighted by Crippen LogP contribution is 2.33. The number of pyridine rings is 2. The number of halogens is 3. The van der Waals surface area contributed by atoms with E-state index in [-0.39, 0.29) is 38.9 Å². The van der Waals surface area contributed by atoms with Gasteiger partial charge in [-0.3, -0.25) is 0 Å². The lowest BCUT2D eigenvalue weighted by atomic mass is 10.3. The number of hydrogen-bond acceptors (Lipinski definition) is 8. The van der Waals surface area contributed by atoms with Crippen molar-refractivity contribution >= 4 is 30.7 Å². The average molecular weight is 478 g/mol. The fourth-order valence-electron chi connectivity index (χ4n) is 2.70. The van der Waals surface area contributed by atoms with Gasteiger partial charge in [0.25, 0.3) is 0 Å². The van der Waals surface area contributed by atoms with Crippen LogP contribution in [0.5, 0.6) is 5.75 Å². The van der Waals surface area contributed by atoms with Gasteiger partial charge in [0.1, 0.15) is 22.0 Å². The second-order valence-corrected chi connectivity index (χ2v) is 11.0. The molecule has 14 heteroatoms. The van der Waals surface area contributed by atoms with Gasteiger partial charge in [-0.2, -0.15) is 13.2 Å². The van der Waals surface area contributed by atoms with E-state index in [1.165, 1.54) is 18.5 Å². The number of alkyl halides is 3. The fraction of sp³-hybridized carbons (Fsp3) is 0.353. The summed E-state index contributed by atoms with van der Waals surface area (Å²) in [5.41, 5.74) is -1.05. The van der Waals surface area contributed by atoms with Gasteiger partial charge >= 0.3 is 6.18 Å². The van der Waals surface area contributed by atoms with E-state index in [4.69, 9.17) is 4.74 Å². The van der Waals surface area contributed by atoms with E-state index in [1.54, 1.807) is 0 Å². The third-order valence-electron chi connectivity index (χ3n) is 4.25. The van der Waals surface area contributed by atoms with Gasteiger partial charge in [0.05, 0.1) is 29.2 Å². The van der Waals surface area contributed by atoms with Gasteiger partial charge in [-0.25, -0.2) is 31.8 Å². The smallest absolute Gasteiger partial charge is 0.433 e. The Kier molecular flexibility index (Phi) is 5.73. The lowest BCUT2D eigenvalue weighted by Crippen LogP contribution is -2.12. The number of aromatic nitrogens is 4. The zero-order valence-corrected chi connectivity index (χ0v) is 18.1. The van der Waals surface area contributed by atoms with Crippen LogP contribution >= 0.6 is 0 Å². The fourth-order valence-corrected chi connectivity index (χ4v) is 4.09. The molecule has 3 heterocycles. The van der Waals surface area contributed by atoms with Crippen LogP contribution in [0.2, 0.25) is 0 Å². The minimum Gasteiger partial charge on any atom is -0.476 e. The zero-order valence-electron chi connectivity index (χ0n) is 16.5. The Morgan fingerprint density at radius 1 is 1.10 bits per heavy atom. The van der Waals surface area contributed by atoms with Crippen LogP contribution in [-0.2, 0) is 32.9 Å². The van der Waals surface area contributed by atoms with Crippen molar-refractivity contribution in [2.45, 2.75) is 18.0 Å². The first-order valence-corrected chi connectivity index (χ1v) is 12.4. The minimum absolute atomic E-state index is 0.00203. The Labute approximate surface area is 175 Å². The molecule has 0 saturated carbocycles. The van der Waals surface area contributed by atoms with Crippen molar-refractivity contribution in [3.8, 4) is 17.3 Å². The Bertz CT molecular complexity index is 1370. The highest BCUT2D eigenvalue weighted by atomic mass is 32.2. The molecule has 0 N–H and O–H groups in total. The first kappa shape index (κ1) is 22.9. The maximum Gasteiger partial charge on any atom is 0.433 e. The molecule has 0 unspecified atom stereocenters. The number of sulfone groups is 2. The summed E-state index contributed by atoms with van der Waals surface area (Å²) < 4.78 is 93.3. The monoisotopic (exact) mass is 478 g/mol. The van der Waals surface area contributed by atoms with Crippen molar-refractivity contribution in [3.63, 3.8) is 0 Å². The quantitative estimate of drug-likeness (QED) is 0.529. The van der Waals surface area contributed by atoms with E-state index in [2.05, 4.69) is 15.0 Å². The third-order valence-corrected chi connectivity index (χ3v) is 6.54. The normalized spacial score (nSPS) is 13.0. The van der Waals surface area contributed by atoms with E-state index in [1.807, 2.05) is 0 Å². The van der Waals surface area contributed by atoms with Crippen LogP contribution in [0.3, 0.4) is 0 Å². The first-order chi connectivity index (χ1) is 14.2. The Morgan fingerprint density at radius 2 is 1.77 bits per heavy atom. The molecule has 0 amide bonds. The molecular weight excluding hydrogens is 461 g/mol. The molecule has 0 aliphatic carbocycles. The van der Waals surface area contributed by atoms with Gasteiger partial charge < -0.3 is 9.30 Å². The standard InChI is InChI=1S/C17H17F3N4O5S2/c1-4-31(27,28)13-5-10(29-9-30(3,25)26)7-22-15(13)16-23-11-6-14(17(18,19)20)21-8-12(11)24(16)2/h5-8H,4,9H2,1-3H3. The van der Waals surface area contributed by atoms with E-state index < -0.39 is 37.5 Å². The lowest BCUT2D eigenvalue weighted by molar-refractivity contribution is -0.141. The van der Waals surface area contributed by atoms with Crippen LogP contribution in [0, 0.1) is 0 Å². The van der Waals surface area contributed by atoms with E-state index in [9.17, 15) is 30.0 Å². The third kappa shape index (κ3) is 4.79. The van der Waals surface area contributed by atoms with Crippen molar-refractivity contribution in [1.82, 2.24) is 19.5 Å². The molecule has 0 spiro atoms. The number of ether oxygens (including phenoxy) is 1. The summed E-state index contributed by atoms with van der Waals surface area (Å²) in [5, 5.41) is 0. The zero-order chi connectivity index (χ0) is 23.2. The molecule has 3 aromatic rings. The van der Waals surface area contributed by atoms with Crippen LogP contribution in [0.15, 0.2) is 29.4 Å². The van der Waals surface area contributed by atoms with Crippen molar-refractivity contribution in [1.29, 1.82) is 0 Å². The molecule has 0 radical (unpaired) electrons. The van der Waals surface area contributed by atoms with Gasteiger partial charge in [0.2, 0.25) is 0 Å². The maximum atomic E-state index is 13.0. The molecule has 3 aromatic heterocycles. The largest absolute Gasteiger partial charge is 0.476 e. The van der Waals surface area contributed by atoms with Crippen molar-refractivity contribution in [3.05, 3.63) is 30.2 Å². The summed E-state index contributed by atoms with van der Waals surface area (Å²) in [5.74, 6) is -1.09. The summed E-state index contributed by atoms with van der Waals surface area (Å²) >= 11 is 0. The highest BCUT2D eigenvalue weighted by molar-refractivity contribution is 7.91. The number of fused-ring (bicyclic) bond motifs is 1. The number of aryl methyl sites for hydroxylation is 1. The van der Waals surface area contributed by atoms with Gasteiger partial charge in [0, 0.05) is 19.4 Å². The van der Waals surface area contributed by atoms with Gasteiger partial charge in [-0.1, -0.05) is 6.92 Å². The molecule has 9 nitrogen and oxygen atoms in total. The second kappa shape index (κ2) is 7.75. The topological polar surface area (TPSA) is 121 Å².